The van der Waals surface area contributed by atoms with Crippen molar-refractivity contribution in [1.29, 1.82) is 0 Å². The Kier molecular flexibility index (Phi) is 2.05. The topological polar surface area (TPSA) is 37.3 Å². The zero-order chi connectivity index (χ0) is 7.72. The summed E-state index contributed by atoms with van der Waals surface area (Å²) in [7, 11) is 0. The van der Waals surface area contributed by atoms with Gasteiger partial charge in [-0.05, 0) is 22.0 Å². The molecule has 0 aliphatic rings. The van der Waals surface area contributed by atoms with Gasteiger partial charge in [-0.15, -0.1) is 0 Å². The molecule has 10 heavy (non-hydrogen) atoms. The smallest absolute Gasteiger partial charge is 0.339 e. The summed E-state index contributed by atoms with van der Waals surface area (Å²) in [6, 6.07) is 1.24. The fourth-order valence-corrected chi connectivity index (χ4v) is 1.75. The van der Waals surface area contributed by atoms with Crippen molar-refractivity contribution in [3.8, 4) is 0 Å². The van der Waals surface area contributed by atoms with Crippen molar-refractivity contribution in [1.82, 2.24) is 0 Å². The van der Waals surface area contributed by atoms with Gasteiger partial charge in [0.15, 0.2) is 5.13 Å². The Hall–Kier alpha value is -0.420. The zero-order valence-corrected chi connectivity index (χ0v) is 7.00. The number of hydrogen-bond acceptors (Lipinski definition) is 2. The molecule has 0 saturated heterocycles. The summed E-state index contributed by atoms with van der Waals surface area (Å²) in [5.41, 5.74) is -0.281. The van der Waals surface area contributed by atoms with Gasteiger partial charge in [0, 0.05) is 0 Å². The molecule has 5 heteroatoms. The normalized spacial score (nSPS) is 9.80. The molecule has 0 aliphatic heterocycles. The molecule has 54 valence electrons. The third-order valence-corrected chi connectivity index (χ3v) is 2.31. The molecule has 0 unspecified atom stereocenters. The van der Waals surface area contributed by atoms with Gasteiger partial charge >= 0.3 is 5.97 Å². The van der Waals surface area contributed by atoms with Gasteiger partial charge in [0.2, 0.25) is 0 Å². The highest BCUT2D eigenvalue weighted by atomic mass is 79.9. The molecule has 0 atom stereocenters. The molecule has 0 radical (unpaired) electrons. The average Bonchev–Trinajstić information content (AvgIpc) is 2.10. The Labute approximate surface area is 68.4 Å². The van der Waals surface area contributed by atoms with E-state index in [-0.39, 0.29) is 5.56 Å². The van der Waals surface area contributed by atoms with E-state index < -0.39 is 11.1 Å². The number of hydrogen-bond donors (Lipinski definition) is 1. The van der Waals surface area contributed by atoms with E-state index in [1.165, 1.54) is 6.07 Å². The molecular weight excluding hydrogens is 223 g/mol. The fourth-order valence-electron chi connectivity index (χ4n) is 0.486. The summed E-state index contributed by atoms with van der Waals surface area (Å²) in [5.74, 6) is -1.24. The predicted molar refractivity (Wildman–Crippen MR) is 38.9 cm³/mol. The second-order valence-corrected chi connectivity index (χ2v) is 3.92. The van der Waals surface area contributed by atoms with E-state index in [2.05, 4.69) is 15.9 Å². The number of rotatable bonds is 1. The van der Waals surface area contributed by atoms with Crippen LogP contribution in [0, 0.1) is 5.13 Å². The first kappa shape index (κ1) is 7.68. The Morgan fingerprint density at radius 2 is 2.40 bits per heavy atom. The first-order valence-corrected chi connectivity index (χ1v) is 3.90. The Morgan fingerprint density at radius 3 is 2.60 bits per heavy atom. The number of carboxylic acids is 1. The molecular formula is C5H2BrFO2S. The maximum absolute atomic E-state index is 12.5. The molecule has 1 N–H and O–H groups in total. The summed E-state index contributed by atoms with van der Waals surface area (Å²) in [4.78, 5) is 10.2. The van der Waals surface area contributed by atoms with Crippen LogP contribution in [0.25, 0.3) is 0 Å². The molecule has 1 aromatic heterocycles. The minimum absolute atomic E-state index is 0.281. The van der Waals surface area contributed by atoms with Crippen LogP contribution in [0.2, 0.25) is 0 Å². The highest BCUT2D eigenvalue weighted by Crippen LogP contribution is 2.25. The van der Waals surface area contributed by atoms with Crippen molar-refractivity contribution in [3.05, 3.63) is 20.5 Å². The quantitative estimate of drug-likeness (QED) is 0.796. The lowest BCUT2D eigenvalue weighted by atomic mass is 10.3. The van der Waals surface area contributed by atoms with E-state index in [4.69, 9.17) is 5.11 Å². The number of carbonyl (C=O) groups is 1. The summed E-state index contributed by atoms with van der Waals surface area (Å²) in [6.45, 7) is 0. The van der Waals surface area contributed by atoms with E-state index in [1.807, 2.05) is 0 Å². The number of carboxylic acid groups (broad SMARTS) is 1. The SMILES string of the molecule is O=C(O)c1cc(Br)sc1F. The summed E-state index contributed by atoms with van der Waals surface area (Å²) in [5, 5.41) is 7.66. The van der Waals surface area contributed by atoms with Crippen LogP contribution in [0.3, 0.4) is 0 Å². The van der Waals surface area contributed by atoms with E-state index >= 15 is 0 Å². The van der Waals surface area contributed by atoms with Crippen LogP contribution in [0.4, 0.5) is 4.39 Å². The zero-order valence-electron chi connectivity index (χ0n) is 4.60. The minimum atomic E-state index is -1.24. The predicted octanol–water partition coefficient (Wildman–Crippen LogP) is 2.35. The van der Waals surface area contributed by atoms with Crippen LogP contribution in [-0.4, -0.2) is 11.1 Å². The Morgan fingerprint density at radius 1 is 1.80 bits per heavy atom. The molecule has 1 rings (SSSR count). The highest BCUT2D eigenvalue weighted by Gasteiger charge is 2.12. The van der Waals surface area contributed by atoms with Gasteiger partial charge in [-0.2, -0.15) is 4.39 Å². The largest absolute Gasteiger partial charge is 0.478 e. The van der Waals surface area contributed by atoms with Gasteiger partial charge < -0.3 is 5.11 Å². The Balaban J connectivity index is 3.15. The van der Waals surface area contributed by atoms with E-state index in [9.17, 15) is 9.18 Å². The van der Waals surface area contributed by atoms with Crippen LogP contribution in [-0.2, 0) is 0 Å². The lowest BCUT2D eigenvalue weighted by molar-refractivity contribution is 0.0693. The maximum Gasteiger partial charge on any atom is 0.339 e. The minimum Gasteiger partial charge on any atom is -0.478 e. The second-order valence-electron chi connectivity index (χ2n) is 1.54. The lowest BCUT2D eigenvalue weighted by Gasteiger charge is -1.83. The third-order valence-electron chi connectivity index (χ3n) is 0.887. The van der Waals surface area contributed by atoms with Crippen molar-refractivity contribution >= 4 is 33.2 Å². The van der Waals surface area contributed by atoms with Crippen LogP contribution < -0.4 is 0 Å². The van der Waals surface area contributed by atoms with Crippen molar-refractivity contribution < 1.29 is 14.3 Å². The molecule has 1 aromatic rings. The summed E-state index contributed by atoms with van der Waals surface area (Å²) >= 11 is 3.73. The van der Waals surface area contributed by atoms with Gasteiger partial charge in [-0.1, -0.05) is 11.3 Å². The first-order chi connectivity index (χ1) is 4.61. The van der Waals surface area contributed by atoms with Gasteiger partial charge in [-0.25, -0.2) is 4.79 Å². The third kappa shape index (κ3) is 1.35. The summed E-state index contributed by atoms with van der Waals surface area (Å²) < 4.78 is 13.0. The van der Waals surface area contributed by atoms with Crippen molar-refractivity contribution in [2.45, 2.75) is 0 Å². The number of thiophene rings is 1. The van der Waals surface area contributed by atoms with Crippen LogP contribution in [0.15, 0.2) is 9.85 Å². The van der Waals surface area contributed by atoms with Gasteiger partial charge in [0.05, 0.1) is 3.79 Å². The molecule has 0 aliphatic carbocycles. The van der Waals surface area contributed by atoms with Crippen molar-refractivity contribution in [2.24, 2.45) is 0 Å². The molecule has 0 aromatic carbocycles. The molecule has 1 heterocycles. The standard InChI is InChI=1S/C5H2BrFO2S/c6-3-1-2(5(8)9)4(7)10-3/h1H,(H,8,9). The molecule has 0 saturated carbocycles. The highest BCUT2D eigenvalue weighted by molar-refractivity contribution is 9.11. The second kappa shape index (κ2) is 2.67. The van der Waals surface area contributed by atoms with Gasteiger partial charge in [-0.3, -0.25) is 0 Å². The average molecular weight is 225 g/mol. The number of halogens is 2. The van der Waals surface area contributed by atoms with Crippen molar-refractivity contribution in [3.63, 3.8) is 0 Å². The van der Waals surface area contributed by atoms with E-state index in [0.717, 1.165) is 11.3 Å². The number of aromatic carboxylic acids is 1. The molecule has 0 spiro atoms. The van der Waals surface area contributed by atoms with Gasteiger partial charge in [0.1, 0.15) is 5.56 Å². The van der Waals surface area contributed by atoms with Crippen LogP contribution >= 0.6 is 27.3 Å². The lowest BCUT2D eigenvalue weighted by Crippen LogP contribution is -1.94. The van der Waals surface area contributed by atoms with E-state index in [0.29, 0.717) is 3.79 Å². The van der Waals surface area contributed by atoms with E-state index in [1.54, 1.807) is 0 Å². The van der Waals surface area contributed by atoms with Crippen molar-refractivity contribution in [2.75, 3.05) is 0 Å². The molecule has 0 bridgehead atoms. The summed E-state index contributed by atoms with van der Waals surface area (Å²) in [6.07, 6.45) is 0. The molecule has 0 amide bonds. The fraction of sp³-hybridized carbons (Fsp3) is 0. The first-order valence-electron chi connectivity index (χ1n) is 2.29. The van der Waals surface area contributed by atoms with Crippen LogP contribution in [0.5, 0.6) is 0 Å². The molecule has 0 fully saturated rings. The molecule has 2 nitrogen and oxygen atoms in total. The Bertz CT molecular complexity index is 271. The maximum atomic E-state index is 12.5. The monoisotopic (exact) mass is 224 g/mol. The van der Waals surface area contributed by atoms with Gasteiger partial charge in [0.25, 0.3) is 0 Å². The van der Waals surface area contributed by atoms with Crippen LogP contribution in [0.1, 0.15) is 10.4 Å².